The molecule has 1 aromatic carbocycles. The first-order valence-electron chi connectivity index (χ1n) is 11.6. The largest absolute Gasteiger partial charge is 0.423 e. The van der Waals surface area contributed by atoms with Crippen molar-refractivity contribution in [3.05, 3.63) is 24.3 Å². The van der Waals surface area contributed by atoms with Gasteiger partial charge in [-0.3, -0.25) is 0 Å². The lowest BCUT2D eigenvalue weighted by Gasteiger charge is -2.26. The average Bonchev–Trinajstić information content (AvgIpc) is 3.52. The van der Waals surface area contributed by atoms with E-state index in [-0.39, 0.29) is 24.3 Å². The van der Waals surface area contributed by atoms with Gasteiger partial charge in [-0.05, 0) is 47.6 Å². The number of hydrogen-bond donors (Lipinski definition) is 2. The summed E-state index contributed by atoms with van der Waals surface area (Å²) in [5.74, 6) is 0.665. The molecule has 0 unspecified atom stereocenters. The molecule has 3 aliphatic rings. The highest BCUT2D eigenvalue weighted by atomic mass is 32.1. The van der Waals surface area contributed by atoms with E-state index in [0.717, 1.165) is 5.69 Å². The third kappa shape index (κ3) is 4.90. The number of hydrogen-bond acceptors (Lipinski definition) is 8. The van der Waals surface area contributed by atoms with Crippen molar-refractivity contribution in [1.82, 2.24) is 30.8 Å². The molecule has 2 aromatic rings. The second-order valence-corrected chi connectivity index (χ2v) is 9.53. The first kappa shape index (κ1) is 22.3. The lowest BCUT2D eigenvalue weighted by Crippen LogP contribution is -2.50. The summed E-state index contributed by atoms with van der Waals surface area (Å²) in [7, 11) is 3.97. The number of rotatable bonds is 6. The number of nitrogens with one attached hydrogen (secondary N) is 2. The molecule has 3 fully saturated rings. The normalized spacial score (nSPS) is 27.2. The van der Waals surface area contributed by atoms with Crippen LogP contribution in [0.25, 0.3) is 0 Å². The van der Waals surface area contributed by atoms with Crippen LogP contribution in [0.15, 0.2) is 24.3 Å². The zero-order valence-corrected chi connectivity index (χ0v) is 19.8. The molecule has 0 bridgehead atoms. The molecule has 0 amide bonds. The summed E-state index contributed by atoms with van der Waals surface area (Å²) in [6.07, 6.45) is 5.88. The zero-order valence-electron chi connectivity index (χ0n) is 19.0. The van der Waals surface area contributed by atoms with E-state index >= 15 is 0 Å². The van der Waals surface area contributed by atoms with Crippen LogP contribution in [-0.4, -0.2) is 76.9 Å². The number of nitrogens with zero attached hydrogens (tertiary/aromatic N) is 5. The first-order chi connectivity index (χ1) is 16.1. The van der Waals surface area contributed by atoms with E-state index in [9.17, 15) is 0 Å². The molecular weight excluding hydrogens is 442 g/mol. The summed E-state index contributed by atoms with van der Waals surface area (Å²) >= 11 is 5.57. The minimum Gasteiger partial charge on any atom is -0.423 e. The summed E-state index contributed by atoms with van der Waals surface area (Å²) in [6.45, 7) is 0.955. The van der Waals surface area contributed by atoms with Crippen LogP contribution >= 0.6 is 12.2 Å². The van der Waals surface area contributed by atoms with Crippen LogP contribution in [0, 0.1) is 0 Å². The Morgan fingerprint density at radius 1 is 1.12 bits per heavy atom. The average molecular weight is 474 g/mol. The van der Waals surface area contributed by atoms with Crippen LogP contribution in [0.2, 0.25) is 0 Å². The molecule has 2 aliphatic heterocycles. The molecule has 33 heavy (non-hydrogen) atoms. The van der Waals surface area contributed by atoms with Gasteiger partial charge < -0.3 is 29.7 Å². The summed E-state index contributed by atoms with van der Waals surface area (Å²) in [4.78, 5) is 2.01. The Morgan fingerprint density at radius 2 is 1.94 bits per heavy atom. The van der Waals surface area contributed by atoms with Crippen molar-refractivity contribution in [3.63, 3.8) is 0 Å². The highest BCUT2D eigenvalue weighted by Gasteiger charge is 2.50. The molecule has 2 saturated heterocycles. The molecule has 178 valence electrons. The molecule has 0 spiro atoms. The minimum atomic E-state index is -0.182. The summed E-state index contributed by atoms with van der Waals surface area (Å²) in [5, 5.41) is 19.6. The Bertz CT molecular complexity index is 965. The van der Waals surface area contributed by atoms with Gasteiger partial charge in [0.15, 0.2) is 5.11 Å². The van der Waals surface area contributed by atoms with Crippen molar-refractivity contribution in [2.24, 2.45) is 0 Å². The number of benzene rings is 1. The van der Waals surface area contributed by atoms with Crippen LogP contribution in [0.1, 0.15) is 38.1 Å². The predicted molar refractivity (Wildman–Crippen MR) is 127 cm³/mol. The first-order valence-corrected chi connectivity index (χ1v) is 12.0. The third-order valence-electron chi connectivity index (χ3n) is 6.60. The van der Waals surface area contributed by atoms with E-state index < -0.39 is 0 Å². The number of anilines is 1. The maximum atomic E-state index is 6.12. The molecule has 2 N–H and O–H groups in total. The molecule has 1 aromatic heterocycles. The number of tetrazole rings is 1. The molecule has 5 rings (SSSR count). The standard InChI is InChI=1S/C22H31N7O3S/c1-28(2)15-9-6-10-16(11-15)32-22-25-26-27-29(22)18-13-31-19-17(12-30-20(18)19)24-21(33)23-14-7-4-3-5-8-14/h6,9-11,14,17-20H,3-5,7-8,12-13H2,1-2H3,(H2,23,24,33)/t17-,18+,19-,20+/m0/s1. The number of thiocarbonyl (C=S) groups is 1. The van der Waals surface area contributed by atoms with Gasteiger partial charge in [-0.15, -0.1) is 0 Å². The SMILES string of the molecule is CN(C)c1cccc(Oc2nnnn2[C@@H]2CO[C@@H]3[C@@H]2OC[C@@H]3NC(=S)NC2CCCCC2)c1. The van der Waals surface area contributed by atoms with Gasteiger partial charge in [0.05, 0.1) is 19.3 Å². The van der Waals surface area contributed by atoms with Crippen LogP contribution in [-0.2, 0) is 9.47 Å². The smallest absolute Gasteiger partial charge is 0.341 e. The van der Waals surface area contributed by atoms with Gasteiger partial charge in [-0.25, -0.2) is 0 Å². The van der Waals surface area contributed by atoms with Gasteiger partial charge in [-0.2, -0.15) is 4.68 Å². The summed E-state index contributed by atoms with van der Waals surface area (Å²) < 4.78 is 19.9. The van der Waals surface area contributed by atoms with Crippen LogP contribution in [0.3, 0.4) is 0 Å². The zero-order chi connectivity index (χ0) is 22.8. The van der Waals surface area contributed by atoms with E-state index in [4.69, 9.17) is 26.4 Å². The fraction of sp³-hybridized carbons (Fsp3) is 0.636. The van der Waals surface area contributed by atoms with Crippen LogP contribution in [0.5, 0.6) is 11.8 Å². The lowest BCUT2D eigenvalue weighted by atomic mass is 9.96. The second-order valence-electron chi connectivity index (χ2n) is 9.12. The van der Waals surface area contributed by atoms with Crippen molar-refractivity contribution in [3.8, 4) is 11.8 Å². The van der Waals surface area contributed by atoms with Crippen molar-refractivity contribution in [2.75, 3.05) is 32.2 Å². The minimum absolute atomic E-state index is 0.0128. The van der Waals surface area contributed by atoms with Gasteiger partial charge in [0.2, 0.25) is 0 Å². The molecule has 4 atom stereocenters. The van der Waals surface area contributed by atoms with E-state index in [0.29, 0.717) is 36.1 Å². The van der Waals surface area contributed by atoms with Crippen molar-refractivity contribution < 1.29 is 14.2 Å². The highest BCUT2D eigenvalue weighted by Crippen LogP contribution is 2.36. The molecule has 3 heterocycles. The van der Waals surface area contributed by atoms with E-state index in [1.54, 1.807) is 4.68 Å². The summed E-state index contributed by atoms with van der Waals surface area (Å²) in [6, 6.07) is 8.36. The Labute approximate surface area is 198 Å². The van der Waals surface area contributed by atoms with E-state index in [1.807, 2.05) is 43.3 Å². The lowest BCUT2D eigenvalue weighted by molar-refractivity contribution is 0.0614. The highest BCUT2D eigenvalue weighted by molar-refractivity contribution is 7.80. The predicted octanol–water partition coefficient (Wildman–Crippen LogP) is 2.04. The molecule has 0 radical (unpaired) electrons. The number of aromatic nitrogens is 4. The van der Waals surface area contributed by atoms with Crippen LogP contribution < -0.4 is 20.3 Å². The van der Waals surface area contributed by atoms with Crippen molar-refractivity contribution in [1.29, 1.82) is 0 Å². The van der Waals surface area contributed by atoms with E-state index in [2.05, 4.69) is 26.2 Å². The molecule has 10 nitrogen and oxygen atoms in total. The maximum Gasteiger partial charge on any atom is 0.341 e. The van der Waals surface area contributed by atoms with Gasteiger partial charge >= 0.3 is 6.01 Å². The Kier molecular flexibility index (Phi) is 6.61. The molecular formula is C22H31N7O3S. The Balaban J connectivity index is 1.22. The molecule has 1 aliphatic carbocycles. The fourth-order valence-corrected chi connectivity index (χ4v) is 5.16. The fourth-order valence-electron chi connectivity index (χ4n) is 4.85. The quantitative estimate of drug-likeness (QED) is 0.607. The Hall–Kier alpha value is -2.50. The monoisotopic (exact) mass is 473 g/mol. The van der Waals surface area contributed by atoms with Gasteiger partial charge in [0, 0.05) is 31.9 Å². The summed E-state index contributed by atoms with van der Waals surface area (Å²) in [5.41, 5.74) is 1.03. The van der Waals surface area contributed by atoms with Gasteiger partial charge in [0.1, 0.15) is 24.0 Å². The maximum absolute atomic E-state index is 6.12. The van der Waals surface area contributed by atoms with Gasteiger partial charge in [-0.1, -0.05) is 30.4 Å². The number of ether oxygens (including phenoxy) is 3. The van der Waals surface area contributed by atoms with E-state index in [1.165, 1.54) is 32.1 Å². The van der Waals surface area contributed by atoms with Gasteiger partial charge in [0.25, 0.3) is 0 Å². The van der Waals surface area contributed by atoms with Crippen molar-refractivity contribution >= 4 is 23.0 Å². The Morgan fingerprint density at radius 3 is 2.76 bits per heavy atom. The topological polar surface area (TPSA) is 98.6 Å². The second kappa shape index (κ2) is 9.78. The molecule has 1 saturated carbocycles. The third-order valence-corrected chi connectivity index (χ3v) is 6.84. The van der Waals surface area contributed by atoms with Crippen LogP contribution in [0.4, 0.5) is 5.69 Å². The molecule has 11 heteroatoms. The number of fused-ring (bicyclic) bond motifs is 1. The van der Waals surface area contributed by atoms with Crippen molar-refractivity contribution in [2.45, 2.75) is 62.4 Å².